The SMILES string of the molecule is C=CC(=O)OCOc1ccc(C(=C)C(=O)Oc2ccc(C3CCC(CCCCC)CC3)cc2)cc1. The molecule has 0 spiro atoms. The van der Waals surface area contributed by atoms with Crippen LogP contribution in [0.5, 0.6) is 11.5 Å². The predicted molar refractivity (Wildman–Crippen MR) is 138 cm³/mol. The van der Waals surface area contributed by atoms with E-state index in [9.17, 15) is 9.59 Å². The minimum absolute atomic E-state index is 0.219. The Labute approximate surface area is 208 Å². The Balaban J connectivity index is 1.46. The molecule has 0 saturated heterocycles. The van der Waals surface area contributed by atoms with Crippen molar-refractivity contribution in [3.8, 4) is 11.5 Å². The predicted octanol–water partition coefficient (Wildman–Crippen LogP) is 7.23. The number of carbonyl (C=O) groups excluding carboxylic acids is 2. The molecule has 5 heteroatoms. The smallest absolute Gasteiger partial charge is 0.343 e. The van der Waals surface area contributed by atoms with Gasteiger partial charge in [0, 0.05) is 6.08 Å². The summed E-state index contributed by atoms with van der Waals surface area (Å²) in [7, 11) is 0. The lowest BCUT2D eigenvalue weighted by molar-refractivity contribution is -0.144. The van der Waals surface area contributed by atoms with Crippen LogP contribution in [0.25, 0.3) is 5.57 Å². The first-order chi connectivity index (χ1) is 17.0. The molecule has 5 nitrogen and oxygen atoms in total. The second kappa shape index (κ2) is 13.5. The second-order valence-electron chi connectivity index (χ2n) is 9.10. The number of benzene rings is 2. The molecular formula is C30H36O5. The summed E-state index contributed by atoms with van der Waals surface area (Å²) in [5.74, 6) is 1.43. The lowest BCUT2D eigenvalue weighted by Crippen LogP contribution is -2.13. The molecule has 0 unspecified atom stereocenters. The van der Waals surface area contributed by atoms with Gasteiger partial charge >= 0.3 is 11.9 Å². The van der Waals surface area contributed by atoms with Crippen LogP contribution in [0, 0.1) is 5.92 Å². The molecule has 3 rings (SSSR count). The summed E-state index contributed by atoms with van der Waals surface area (Å²) in [6, 6.07) is 14.7. The molecule has 2 aromatic rings. The Hall–Kier alpha value is -3.34. The van der Waals surface area contributed by atoms with Gasteiger partial charge in [-0.1, -0.05) is 70.0 Å². The molecule has 2 aromatic carbocycles. The highest BCUT2D eigenvalue weighted by Crippen LogP contribution is 2.38. The molecule has 186 valence electrons. The van der Waals surface area contributed by atoms with Gasteiger partial charge in [-0.15, -0.1) is 0 Å². The Morgan fingerprint density at radius 1 is 0.943 bits per heavy atom. The van der Waals surface area contributed by atoms with Crippen LogP contribution in [-0.2, 0) is 14.3 Å². The van der Waals surface area contributed by atoms with Crippen molar-refractivity contribution in [2.24, 2.45) is 5.92 Å². The number of hydrogen-bond acceptors (Lipinski definition) is 5. The molecule has 0 amide bonds. The highest BCUT2D eigenvalue weighted by atomic mass is 16.7. The van der Waals surface area contributed by atoms with Crippen LogP contribution in [-0.4, -0.2) is 18.7 Å². The van der Waals surface area contributed by atoms with E-state index in [1.54, 1.807) is 24.3 Å². The van der Waals surface area contributed by atoms with E-state index in [-0.39, 0.29) is 12.4 Å². The zero-order valence-corrected chi connectivity index (χ0v) is 20.7. The Bertz CT molecular complexity index is 982. The van der Waals surface area contributed by atoms with Gasteiger partial charge in [-0.05, 0) is 72.9 Å². The molecule has 0 N–H and O–H groups in total. The average Bonchev–Trinajstić information content (AvgIpc) is 2.89. The summed E-state index contributed by atoms with van der Waals surface area (Å²) in [6.45, 7) is 9.24. The van der Waals surface area contributed by atoms with Crippen molar-refractivity contribution >= 4 is 17.5 Å². The summed E-state index contributed by atoms with van der Waals surface area (Å²) in [4.78, 5) is 23.6. The normalized spacial score (nSPS) is 17.3. The molecule has 0 atom stereocenters. The van der Waals surface area contributed by atoms with Gasteiger partial charge in [0.1, 0.15) is 11.5 Å². The van der Waals surface area contributed by atoms with Crippen molar-refractivity contribution in [2.75, 3.05) is 6.79 Å². The second-order valence-corrected chi connectivity index (χ2v) is 9.10. The van der Waals surface area contributed by atoms with Crippen LogP contribution in [0.4, 0.5) is 0 Å². The van der Waals surface area contributed by atoms with E-state index in [4.69, 9.17) is 14.2 Å². The Morgan fingerprint density at radius 3 is 2.23 bits per heavy atom. The zero-order chi connectivity index (χ0) is 25.0. The maximum atomic E-state index is 12.6. The Morgan fingerprint density at radius 2 is 1.60 bits per heavy atom. The molecule has 1 aliphatic carbocycles. The van der Waals surface area contributed by atoms with Crippen LogP contribution in [0.15, 0.2) is 67.8 Å². The van der Waals surface area contributed by atoms with E-state index in [0.717, 1.165) is 12.0 Å². The molecule has 1 aliphatic rings. The van der Waals surface area contributed by atoms with E-state index in [0.29, 0.717) is 23.0 Å². The fourth-order valence-corrected chi connectivity index (χ4v) is 4.53. The van der Waals surface area contributed by atoms with Gasteiger partial charge in [0.05, 0.1) is 5.57 Å². The van der Waals surface area contributed by atoms with E-state index < -0.39 is 11.9 Å². The third-order valence-corrected chi connectivity index (χ3v) is 6.67. The van der Waals surface area contributed by atoms with Gasteiger partial charge in [0.15, 0.2) is 0 Å². The maximum absolute atomic E-state index is 12.6. The molecule has 0 radical (unpaired) electrons. The number of carbonyl (C=O) groups is 2. The summed E-state index contributed by atoms with van der Waals surface area (Å²) in [5, 5.41) is 0. The monoisotopic (exact) mass is 476 g/mol. The largest absolute Gasteiger partial charge is 0.457 e. The molecule has 1 saturated carbocycles. The van der Waals surface area contributed by atoms with Gasteiger partial charge in [0.25, 0.3) is 0 Å². The molecule has 0 aliphatic heterocycles. The number of rotatable bonds is 12. The van der Waals surface area contributed by atoms with Gasteiger partial charge in [-0.3, -0.25) is 0 Å². The van der Waals surface area contributed by atoms with Crippen LogP contribution in [0.1, 0.15) is 75.3 Å². The van der Waals surface area contributed by atoms with E-state index >= 15 is 0 Å². The van der Waals surface area contributed by atoms with Crippen LogP contribution in [0.3, 0.4) is 0 Å². The van der Waals surface area contributed by atoms with Crippen molar-refractivity contribution in [3.63, 3.8) is 0 Å². The quantitative estimate of drug-likeness (QED) is 0.106. The summed E-state index contributed by atoms with van der Waals surface area (Å²) in [5.41, 5.74) is 2.20. The third kappa shape index (κ3) is 8.13. The van der Waals surface area contributed by atoms with Crippen LogP contribution in [0.2, 0.25) is 0 Å². The molecule has 1 fully saturated rings. The minimum atomic E-state index is -0.559. The van der Waals surface area contributed by atoms with Crippen LogP contribution < -0.4 is 9.47 Å². The molecule has 0 aromatic heterocycles. The first-order valence-corrected chi connectivity index (χ1v) is 12.5. The van der Waals surface area contributed by atoms with Crippen molar-refractivity contribution in [2.45, 2.75) is 64.2 Å². The van der Waals surface area contributed by atoms with Crippen molar-refractivity contribution in [1.82, 2.24) is 0 Å². The highest BCUT2D eigenvalue weighted by Gasteiger charge is 2.22. The first kappa shape index (κ1) is 26.3. The number of ether oxygens (including phenoxy) is 3. The van der Waals surface area contributed by atoms with Crippen molar-refractivity contribution < 1.29 is 23.8 Å². The summed E-state index contributed by atoms with van der Waals surface area (Å²) in [6.07, 6.45) is 11.5. The maximum Gasteiger partial charge on any atom is 0.343 e. The van der Waals surface area contributed by atoms with E-state index in [2.05, 4.69) is 32.2 Å². The fraction of sp³-hybridized carbons (Fsp3) is 0.400. The standard InChI is InChI=1S/C30H36O5/c1-4-6-7-8-23-9-11-25(12-10-23)26-15-19-28(20-16-26)35-30(32)22(3)24-13-17-27(18-14-24)33-21-34-29(31)5-2/h5,13-20,23,25H,2-4,6-12,21H2,1H3. The third-order valence-electron chi connectivity index (χ3n) is 6.67. The number of unbranched alkanes of at least 4 members (excludes halogenated alkanes) is 2. The fourth-order valence-electron chi connectivity index (χ4n) is 4.53. The molecule has 0 bridgehead atoms. The van der Waals surface area contributed by atoms with Crippen molar-refractivity contribution in [3.05, 3.63) is 78.9 Å². The Kier molecular flexibility index (Phi) is 10.1. The topological polar surface area (TPSA) is 61.8 Å². The summed E-state index contributed by atoms with van der Waals surface area (Å²) < 4.78 is 15.6. The van der Waals surface area contributed by atoms with E-state index in [1.165, 1.54) is 56.9 Å². The van der Waals surface area contributed by atoms with E-state index in [1.807, 2.05) is 12.1 Å². The lowest BCUT2D eigenvalue weighted by atomic mass is 9.77. The first-order valence-electron chi connectivity index (χ1n) is 12.5. The average molecular weight is 477 g/mol. The highest BCUT2D eigenvalue weighted by molar-refractivity contribution is 6.16. The van der Waals surface area contributed by atoms with Crippen LogP contribution >= 0.6 is 0 Å². The molecule has 35 heavy (non-hydrogen) atoms. The summed E-state index contributed by atoms with van der Waals surface area (Å²) >= 11 is 0. The molecular weight excluding hydrogens is 440 g/mol. The zero-order valence-electron chi connectivity index (χ0n) is 20.7. The van der Waals surface area contributed by atoms with Gasteiger partial charge < -0.3 is 14.2 Å². The minimum Gasteiger partial charge on any atom is -0.457 e. The van der Waals surface area contributed by atoms with Gasteiger partial charge in [0.2, 0.25) is 6.79 Å². The lowest BCUT2D eigenvalue weighted by Gasteiger charge is -2.29. The van der Waals surface area contributed by atoms with Gasteiger partial charge in [-0.25, -0.2) is 9.59 Å². The van der Waals surface area contributed by atoms with Gasteiger partial charge in [-0.2, -0.15) is 0 Å². The van der Waals surface area contributed by atoms with Crippen molar-refractivity contribution in [1.29, 1.82) is 0 Å². The number of hydrogen-bond donors (Lipinski definition) is 0. The number of esters is 2. The molecule has 0 heterocycles.